The molecule has 0 amide bonds. The van der Waals surface area contributed by atoms with Crippen molar-refractivity contribution in [2.75, 3.05) is 32.3 Å². The van der Waals surface area contributed by atoms with Crippen LogP contribution in [-0.4, -0.2) is 76.1 Å². The van der Waals surface area contributed by atoms with Crippen molar-refractivity contribution >= 4 is 30.6 Å². The third-order valence-electron chi connectivity index (χ3n) is 11.6. The molecule has 0 radical (unpaired) electrons. The fourth-order valence-electron chi connectivity index (χ4n) is 8.09. The van der Waals surface area contributed by atoms with E-state index in [0.717, 1.165) is 48.8 Å². The minimum Gasteiger partial charge on any atom is -0.497 e. The number of rotatable bonds is 16. The molecule has 3 heterocycles. The van der Waals surface area contributed by atoms with Gasteiger partial charge in [0.25, 0.3) is 7.52 Å². The van der Waals surface area contributed by atoms with E-state index in [4.69, 9.17) is 33.4 Å². The lowest BCUT2D eigenvalue weighted by atomic mass is 9.77. The Hall–Kier alpha value is -4.95. The number of benzene rings is 3. The van der Waals surface area contributed by atoms with Crippen LogP contribution >= 0.6 is 7.52 Å². The number of hydrogen-bond donors (Lipinski definition) is 2. The first-order valence-electron chi connectivity index (χ1n) is 20.4. The van der Waals surface area contributed by atoms with E-state index in [0.29, 0.717) is 5.75 Å². The third-order valence-corrected chi connectivity index (χ3v) is 13.0. The molecule has 16 heteroatoms. The summed E-state index contributed by atoms with van der Waals surface area (Å²) in [5.41, 5.74) is -0.572. The number of halogens is 2. The van der Waals surface area contributed by atoms with Gasteiger partial charge in [0.15, 0.2) is 23.1 Å². The van der Waals surface area contributed by atoms with Crippen LogP contribution in [0.15, 0.2) is 91.3 Å². The van der Waals surface area contributed by atoms with Gasteiger partial charge in [-0.25, -0.2) is 18.9 Å². The predicted molar refractivity (Wildman–Crippen MR) is 224 cm³/mol. The fraction of sp³-hybridized carbons (Fsp3) is 0.455. The van der Waals surface area contributed by atoms with Crippen molar-refractivity contribution in [2.45, 2.75) is 95.2 Å². The summed E-state index contributed by atoms with van der Waals surface area (Å²) in [7, 11) is -2.22. The quantitative estimate of drug-likeness (QED) is 0.0555. The second-order valence-electron chi connectivity index (χ2n) is 15.7. The van der Waals surface area contributed by atoms with E-state index >= 15 is 8.78 Å². The van der Waals surface area contributed by atoms with Crippen LogP contribution in [0.3, 0.4) is 0 Å². The fourth-order valence-corrected chi connectivity index (χ4v) is 9.39. The van der Waals surface area contributed by atoms with Crippen molar-refractivity contribution in [3.63, 3.8) is 0 Å². The van der Waals surface area contributed by atoms with Crippen molar-refractivity contribution in [1.29, 1.82) is 0 Å². The molecule has 6 atom stereocenters. The maximum Gasteiger partial charge on any atom is 0.323 e. The SMILES string of the molecule is CCOc1nc(NC(c2ccccc2)(c2ccccc2)c2ccc(OC)cc2)nc2c1ncn2[C@@H]1O[C@](F)(COP(C)(=O)N[C@@H](C)C(=O)OC2CCCCC2)[C@@H](C)[C@@]1(C)F. The lowest BCUT2D eigenvalue weighted by molar-refractivity contribution is -0.187. The standard InChI is InChI=1S/C44H53F2N6O7P/c1-7-56-38-36-37(48-41(49-38)50-44(31-17-11-8-12-18-31,32-19-13-9-14-20-32)33-23-25-34(55-5)26-24-33)52(28-47-36)40-42(4,45)30(3)43(46,59-40)27-57-60(6,54)51-29(2)39(53)58-35-21-15-10-16-22-35/h8-9,11-14,17-20,23-26,28-30,35,40H,7,10,15-16,21-22,27H2,1-6H3,(H,51,54)(H,48,49,50)/t29-,30-,40+,42+,43+,60?/m0/s1. The molecule has 3 aromatic carbocycles. The van der Waals surface area contributed by atoms with E-state index in [9.17, 15) is 9.36 Å². The van der Waals surface area contributed by atoms with Gasteiger partial charge in [0.1, 0.15) is 30.0 Å². The molecule has 0 spiro atoms. The van der Waals surface area contributed by atoms with E-state index in [1.54, 1.807) is 14.0 Å². The van der Waals surface area contributed by atoms with Gasteiger partial charge in [-0.3, -0.25) is 13.9 Å². The number of methoxy groups -OCH3 is 1. The summed E-state index contributed by atoms with van der Waals surface area (Å²) in [6.07, 6.45) is 4.10. The Morgan fingerprint density at radius 1 is 0.983 bits per heavy atom. The number of carbonyl (C=O) groups is 1. The van der Waals surface area contributed by atoms with Gasteiger partial charge in [-0.1, -0.05) is 86.1 Å². The number of esters is 1. The molecule has 320 valence electrons. The van der Waals surface area contributed by atoms with Crippen LogP contribution in [0.4, 0.5) is 14.7 Å². The van der Waals surface area contributed by atoms with Gasteiger partial charge >= 0.3 is 5.97 Å². The molecular formula is C44H53F2N6O7P. The molecule has 1 aliphatic heterocycles. The van der Waals surface area contributed by atoms with Crippen molar-refractivity contribution < 1.29 is 41.6 Å². The summed E-state index contributed by atoms with van der Waals surface area (Å²) < 4.78 is 77.5. The third kappa shape index (κ3) is 8.63. The van der Waals surface area contributed by atoms with Crippen molar-refractivity contribution in [1.82, 2.24) is 24.6 Å². The second-order valence-corrected chi connectivity index (χ2v) is 17.9. The summed E-state index contributed by atoms with van der Waals surface area (Å²) in [6, 6.07) is 26.3. The van der Waals surface area contributed by atoms with Crippen LogP contribution in [0.1, 0.15) is 82.7 Å². The van der Waals surface area contributed by atoms with Crippen LogP contribution in [0.25, 0.3) is 11.2 Å². The van der Waals surface area contributed by atoms with E-state index in [-0.39, 0.29) is 35.7 Å². The summed E-state index contributed by atoms with van der Waals surface area (Å²) >= 11 is 0. The predicted octanol–water partition coefficient (Wildman–Crippen LogP) is 8.89. The maximum absolute atomic E-state index is 17.0. The Balaban J connectivity index is 1.21. The number of fused-ring (bicyclic) bond motifs is 1. The number of carbonyl (C=O) groups excluding carboxylic acids is 1. The largest absolute Gasteiger partial charge is 0.497 e. The highest BCUT2D eigenvalue weighted by Gasteiger charge is 2.63. The number of aromatic nitrogens is 4. The van der Waals surface area contributed by atoms with Gasteiger partial charge in [0.05, 0.1) is 26.0 Å². The topological polar surface area (TPSA) is 148 Å². The summed E-state index contributed by atoms with van der Waals surface area (Å²) in [6.45, 7) is 6.45. The van der Waals surface area contributed by atoms with E-state index in [1.165, 1.54) is 38.3 Å². The molecule has 1 unspecified atom stereocenters. The Labute approximate surface area is 349 Å². The van der Waals surface area contributed by atoms with Gasteiger partial charge in [-0.05, 0) is 75.3 Å². The molecule has 2 N–H and O–H groups in total. The molecule has 2 aromatic heterocycles. The van der Waals surface area contributed by atoms with E-state index in [2.05, 4.69) is 15.4 Å². The molecule has 60 heavy (non-hydrogen) atoms. The molecule has 13 nitrogen and oxygen atoms in total. The number of nitrogens with one attached hydrogen (secondary N) is 2. The molecule has 1 aliphatic carbocycles. The molecule has 7 rings (SSSR count). The molecule has 2 fully saturated rings. The second kappa shape index (κ2) is 17.6. The zero-order valence-corrected chi connectivity index (χ0v) is 35.7. The van der Waals surface area contributed by atoms with Crippen LogP contribution in [0.2, 0.25) is 0 Å². The summed E-state index contributed by atoms with van der Waals surface area (Å²) in [5, 5.41) is 6.28. The smallest absolute Gasteiger partial charge is 0.323 e. The lowest BCUT2D eigenvalue weighted by Gasteiger charge is -2.37. The maximum atomic E-state index is 17.0. The van der Waals surface area contributed by atoms with Crippen LogP contribution < -0.4 is 19.9 Å². The zero-order chi connectivity index (χ0) is 42.7. The van der Waals surface area contributed by atoms with Gasteiger partial charge < -0.3 is 28.8 Å². The minimum absolute atomic E-state index is 0.104. The highest BCUT2D eigenvalue weighted by atomic mass is 31.2. The van der Waals surface area contributed by atoms with E-state index < -0.39 is 55.3 Å². The number of imidazole rings is 1. The zero-order valence-electron chi connectivity index (χ0n) is 34.8. The van der Waals surface area contributed by atoms with Crippen molar-refractivity contribution in [3.8, 4) is 11.6 Å². The van der Waals surface area contributed by atoms with Gasteiger partial charge in [0, 0.05) is 6.66 Å². The van der Waals surface area contributed by atoms with Crippen LogP contribution in [0.5, 0.6) is 11.6 Å². The Kier molecular flexibility index (Phi) is 12.6. The van der Waals surface area contributed by atoms with Crippen LogP contribution in [-0.2, 0) is 28.9 Å². The average Bonchev–Trinajstić information content (AvgIpc) is 3.75. The monoisotopic (exact) mass is 846 g/mol. The normalized spacial score (nSPS) is 23.8. The summed E-state index contributed by atoms with van der Waals surface area (Å²) in [5.74, 6) is -3.87. The molecule has 2 aliphatic rings. The number of nitrogens with zero attached hydrogens (tertiary/aromatic N) is 4. The van der Waals surface area contributed by atoms with Crippen molar-refractivity contribution in [3.05, 3.63) is 108 Å². The first-order chi connectivity index (χ1) is 28.7. The Bertz CT molecular complexity index is 2260. The number of ether oxygens (including phenoxy) is 4. The highest BCUT2D eigenvalue weighted by molar-refractivity contribution is 7.56. The van der Waals surface area contributed by atoms with Crippen molar-refractivity contribution in [2.24, 2.45) is 5.92 Å². The lowest BCUT2D eigenvalue weighted by Crippen LogP contribution is -2.41. The molecular weight excluding hydrogens is 793 g/mol. The Morgan fingerprint density at radius 3 is 2.20 bits per heavy atom. The van der Waals surface area contributed by atoms with Crippen LogP contribution in [0, 0.1) is 5.92 Å². The molecule has 5 aromatic rings. The first kappa shape index (κ1) is 43.1. The number of hydrogen-bond acceptors (Lipinski definition) is 11. The Morgan fingerprint density at radius 2 is 1.60 bits per heavy atom. The average molecular weight is 847 g/mol. The summed E-state index contributed by atoms with van der Waals surface area (Å²) in [4.78, 5) is 27.0. The minimum atomic E-state index is -3.83. The number of alkyl halides is 2. The van der Waals surface area contributed by atoms with Gasteiger partial charge in [-0.15, -0.1) is 0 Å². The molecule has 0 bridgehead atoms. The van der Waals surface area contributed by atoms with E-state index in [1.807, 2.05) is 84.9 Å². The van der Waals surface area contributed by atoms with Gasteiger partial charge in [0.2, 0.25) is 17.7 Å². The molecule has 1 saturated heterocycles. The van der Waals surface area contributed by atoms with Gasteiger partial charge in [-0.2, -0.15) is 9.97 Å². The highest BCUT2D eigenvalue weighted by Crippen LogP contribution is 2.54. The number of anilines is 1. The molecule has 1 saturated carbocycles. The first-order valence-corrected chi connectivity index (χ1v) is 22.4.